The molecule has 0 bridgehead atoms. The smallest absolute Gasteiger partial charge is 0.472 e. The standard InChI is InChI=1S/C22H33O10P/c1-13-14(2)21-19(15(3)20(13)25)7-8-22(6,32-21)9-10-29-33(26,27)30-12-18(31-17(5)24)11-28-16(4)23/h18,25H,7-12H2,1-6H3,(H,26,27). The molecule has 2 rings (SSSR count). The van der Waals surface area contributed by atoms with E-state index < -0.39 is 38.1 Å². The average Bonchev–Trinajstić information content (AvgIpc) is 2.72. The molecule has 0 saturated heterocycles. The average molecular weight is 488 g/mol. The van der Waals surface area contributed by atoms with Crippen molar-refractivity contribution in [2.45, 2.75) is 72.5 Å². The molecule has 10 nitrogen and oxygen atoms in total. The van der Waals surface area contributed by atoms with Gasteiger partial charge in [0.1, 0.15) is 23.7 Å². The van der Waals surface area contributed by atoms with Crippen LogP contribution in [0.15, 0.2) is 0 Å². The van der Waals surface area contributed by atoms with Crippen molar-refractivity contribution >= 4 is 19.8 Å². The Balaban J connectivity index is 1.94. The van der Waals surface area contributed by atoms with Gasteiger partial charge in [-0.25, -0.2) is 4.57 Å². The maximum Gasteiger partial charge on any atom is 0.472 e. The van der Waals surface area contributed by atoms with Gasteiger partial charge in [0.2, 0.25) is 0 Å². The van der Waals surface area contributed by atoms with Gasteiger partial charge in [0.05, 0.1) is 13.2 Å². The SMILES string of the molecule is CC(=O)OCC(COP(=O)(O)OCCC1(C)CCc2c(C)c(O)c(C)c(C)c2O1)OC(C)=O. The molecule has 0 aromatic heterocycles. The lowest BCUT2D eigenvalue weighted by molar-refractivity contribution is -0.158. The van der Waals surface area contributed by atoms with E-state index in [0.29, 0.717) is 19.3 Å². The van der Waals surface area contributed by atoms with Crippen molar-refractivity contribution in [1.82, 2.24) is 0 Å². The van der Waals surface area contributed by atoms with Crippen LogP contribution in [0.2, 0.25) is 0 Å². The first-order chi connectivity index (χ1) is 15.2. The second-order valence-electron chi connectivity index (χ2n) is 8.46. The van der Waals surface area contributed by atoms with E-state index in [9.17, 15) is 24.2 Å². The summed E-state index contributed by atoms with van der Waals surface area (Å²) in [5, 5.41) is 10.3. The number of hydrogen-bond acceptors (Lipinski definition) is 9. The number of hydrogen-bond donors (Lipinski definition) is 2. The number of carbonyl (C=O) groups excluding carboxylic acids is 2. The fourth-order valence-corrected chi connectivity index (χ4v) is 4.37. The molecular weight excluding hydrogens is 455 g/mol. The van der Waals surface area contributed by atoms with E-state index in [0.717, 1.165) is 34.9 Å². The first-order valence-corrected chi connectivity index (χ1v) is 12.2. The van der Waals surface area contributed by atoms with Crippen LogP contribution in [0.5, 0.6) is 11.5 Å². The number of aromatic hydroxyl groups is 1. The van der Waals surface area contributed by atoms with E-state index >= 15 is 0 Å². The predicted molar refractivity (Wildman–Crippen MR) is 118 cm³/mol. The Bertz CT molecular complexity index is 944. The zero-order valence-corrected chi connectivity index (χ0v) is 20.8. The van der Waals surface area contributed by atoms with E-state index in [4.69, 9.17) is 23.3 Å². The van der Waals surface area contributed by atoms with Crippen LogP contribution in [0.25, 0.3) is 0 Å². The van der Waals surface area contributed by atoms with Crippen LogP contribution < -0.4 is 4.74 Å². The Morgan fingerprint density at radius 1 is 1.09 bits per heavy atom. The van der Waals surface area contributed by atoms with Gasteiger partial charge in [0.15, 0.2) is 6.10 Å². The number of esters is 2. The molecule has 0 fully saturated rings. The number of rotatable bonds is 10. The number of phosphoric ester groups is 1. The largest absolute Gasteiger partial charge is 0.507 e. The summed E-state index contributed by atoms with van der Waals surface area (Å²) < 4.78 is 38.2. The van der Waals surface area contributed by atoms with Crippen molar-refractivity contribution in [2.75, 3.05) is 19.8 Å². The van der Waals surface area contributed by atoms with Gasteiger partial charge >= 0.3 is 19.8 Å². The summed E-state index contributed by atoms with van der Waals surface area (Å²) in [6, 6.07) is 0. The molecule has 0 spiro atoms. The lowest BCUT2D eigenvalue weighted by Crippen LogP contribution is -2.38. The highest BCUT2D eigenvalue weighted by atomic mass is 31.2. The molecule has 0 radical (unpaired) electrons. The molecular formula is C22H33O10P. The van der Waals surface area contributed by atoms with Crippen molar-refractivity contribution in [3.8, 4) is 11.5 Å². The van der Waals surface area contributed by atoms with Crippen molar-refractivity contribution in [3.05, 3.63) is 22.3 Å². The quantitative estimate of drug-likeness (QED) is 0.372. The van der Waals surface area contributed by atoms with Gasteiger partial charge in [0, 0.05) is 25.8 Å². The number of phenolic OH excluding ortho intramolecular Hbond substituents is 1. The molecule has 3 unspecified atom stereocenters. The summed E-state index contributed by atoms with van der Waals surface area (Å²) in [6.07, 6.45) is 0.607. The second kappa shape index (κ2) is 10.9. The van der Waals surface area contributed by atoms with Gasteiger partial charge in [-0.05, 0) is 57.2 Å². The van der Waals surface area contributed by atoms with Gasteiger partial charge in [-0.1, -0.05) is 0 Å². The molecule has 0 aliphatic carbocycles. The van der Waals surface area contributed by atoms with Crippen LogP contribution in [0.4, 0.5) is 0 Å². The number of carbonyl (C=O) groups is 2. The number of benzene rings is 1. The van der Waals surface area contributed by atoms with Crippen LogP contribution in [-0.4, -0.2) is 53.5 Å². The summed E-state index contributed by atoms with van der Waals surface area (Å²) in [5.74, 6) is -0.231. The molecule has 1 aliphatic heterocycles. The van der Waals surface area contributed by atoms with Gasteiger partial charge in [-0.15, -0.1) is 0 Å². The van der Waals surface area contributed by atoms with E-state index in [1.165, 1.54) is 6.92 Å². The first-order valence-electron chi connectivity index (χ1n) is 10.7. The molecule has 0 amide bonds. The van der Waals surface area contributed by atoms with Gasteiger partial charge in [-0.2, -0.15) is 0 Å². The van der Waals surface area contributed by atoms with Crippen LogP contribution in [0.3, 0.4) is 0 Å². The third-order valence-corrected chi connectivity index (χ3v) is 6.69. The molecule has 2 N–H and O–H groups in total. The topological polar surface area (TPSA) is 138 Å². The molecule has 3 atom stereocenters. The minimum Gasteiger partial charge on any atom is -0.507 e. The minimum absolute atomic E-state index is 0.114. The third kappa shape index (κ3) is 7.43. The van der Waals surface area contributed by atoms with Gasteiger partial charge in [-0.3, -0.25) is 18.6 Å². The zero-order chi connectivity index (χ0) is 25.0. The van der Waals surface area contributed by atoms with Crippen molar-refractivity contribution in [2.24, 2.45) is 0 Å². The Hall–Kier alpha value is -2.13. The fraction of sp³-hybridized carbons (Fsp3) is 0.636. The Morgan fingerprint density at radius 3 is 2.36 bits per heavy atom. The molecule has 0 saturated carbocycles. The lowest BCUT2D eigenvalue weighted by atomic mass is 9.86. The highest BCUT2D eigenvalue weighted by Gasteiger charge is 2.35. The number of phenols is 1. The highest BCUT2D eigenvalue weighted by Crippen LogP contribution is 2.46. The maximum absolute atomic E-state index is 12.3. The Kier molecular flexibility index (Phi) is 8.93. The third-order valence-electron chi connectivity index (χ3n) is 5.71. The maximum atomic E-state index is 12.3. The first kappa shape index (κ1) is 27.1. The van der Waals surface area contributed by atoms with E-state index in [-0.39, 0.29) is 19.0 Å². The Labute approximate surface area is 193 Å². The van der Waals surface area contributed by atoms with E-state index in [1.54, 1.807) is 0 Å². The summed E-state index contributed by atoms with van der Waals surface area (Å²) in [4.78, 5) is 32.1. The van der Waals surface area contributed by atoms with Crippen LogP contribution in [0.1, 0.15) is 55.9 Å². The number of ether oxygens (including phenoxy) is 3. The summed E-state index contributed by atoms with van der Waals surface area (Å²) in [7, 11) is -4.45. The minimum atomic E-state index is -4.45. The second-order valence-corrected chi connectivity index (χ2v) is 9.92. The molecule has 1 heterocycles. The molecule has 11 heteroatoms. The lowest BCUT2D eigenvalue weighted by Gasteiger charge is -2.38. The molecule has 33 heavy (non-hydrogen) atoms. The summed E-state index contributed by atoms with van der Waals surface area (Å²) >= 11 is 0. The molecule has 186 valence electrons. The highest BCUT2D eigenvalue weighted by molar-refractivity contribution is 7.47. The van der Waals surface area contributed by atoms with E-state index in [1.807, 2.05) is 27.7 Å². The van der Waals surface area contributed by atoms with Crippen LogP contribution in [0, 0.1) is 20.8 Å². The molecule has 1 aromatic carbocycles. The van der Waals surface area contributed by atoms with Crippen molar-refractivity contribution < 1.29 is 47.4 Å². The van der Waals surface area contributed by atoms with Gasteiger partial charge in [0.25, 0.3) is 0 Å². The summed E-state index contributed by atoms with van der Waals surface area (Å²) in [6.45, 7) is 8.92. The van der Waals surface area contributed by atoms with Crippen LogP contribution in [-0.2, 0) is 39.1 Å². The molecule has 1 aromatic rings. The number of fused-ring (bicyclic) bond motifs is 1. The Morgan fingerprint density at radius 2 is 1.76 bits per heavy atom. The summed E-state index contributed by atoms with van der Waals surface area (Å²) in [5.41, 5.74) is 2.75. The van der Waals surface area contributed by atoms with Crippen molar-refractivity contribution in [3.63, 3.8) is 0 Å². The van der Waals surface area contributed by atoms with Crippen molar-refractivity contribution in [1.29, 1.82) is 0 Å². The normalized spacial score (nSPS) is 20.2. The van der Waals surface area contributed by atoms with E-state index in [2.05, 4.69) is 0 Å². The van der Waals surface area contributed by atoms with Gasteiger partial charge < -0.3 is 24.2 Å². The number of phosphoric acid groups is 1. The fourth-order valence-electron chi connectivity index (χ4n) is 3.62. The zero-order valence-electron chi connectivity index (χ0n) is 19.9. The van der Waals surface area contributed by atoms with Crippen LogP contribution >= 0.6 is 7.82 Å². The monoisotopic (exact) mass is 488 g/mol. The predicted octanol–water partition coefficient (Wildman–Crippen LogP) is 3.42. The molecule has 1 aliphatic rings.